The van der Waals surface area contributed by atoms with Gasteiger partial charge in [-0.3, -0.25) is 4.79 Å². The summed E-state index contributed by atoms with van der Waals surface area (Å²) in [5, 5.41) is 0.939. The van der Waals surface area contributed by atoms with E-state index in [4.69, 9.17) is 4.42 Å². The molecule has 1 saturated heterocycles. The molecule has 1 unspecified atom stereocenters. The van der Waals surface area contributed by atoms with Gasteiger partial charge in [0.2, 0.25) is 0 Å². The first-order chi connectivity index (χ1) is 9.16. The Hall–Kier alpha value is -1.62. The zero-order chi connectivity index (χ0) is 13.4. The van der Waals surface area contributed by atoms with Gasteiger partial charge in [-0.2, -0.15) is 0 Å². The number of thiazole rings is 1. The standard InChI is InChI=1S/C14H16N2O2S/c1-9-13(19-10(2)15-9)14(17)16-7-3-5-11(16)12-6-4-8-18-12/h4,6,8,11H,3,5,7H2,1-2H3. The van der Waals surface area contributed by atoms with Gasteiger partial charge in [-0.25, -0.2) is 4.98 Å². The Kier molecular flexibility index (Phi) is 3.14. The van der Waals surface area contributed by atoms with E-state index in [-0.39, 0.29) is 11.9 Å². The van der Waals surface area contributed by atoms with Crippen LogP contribution in [0.1, 0.15) is 45.0 Å². The first-order valence-electron chi connectivity index (χ1n) is 6.45. The number of likely N-dealkylation sites (tertiary alicyclic amines) is 1. The number of aromatic nitrogens is 1. The Balaban J connectivity index is 1.89. The van der Waals surface area contributed by atoms with Crippen LogP contribution in [-0.4, -0.2) is 22.3 Å². The Bertz CT molecular complexity index is 589. The summed E-state index contributed by atoms with van der Waals surface area (Å²) in [6.07, 6.45) is 3.66. The maximum Gasteiger partial charge on any atom is 0.266 e. The van der Waals surface area contributed by atoms with E-state index in [1.54, 1.807) is 6.26 Å². The highest BCUT2D eigenvalue weighted by Gasteiger charge is 2.33. The molecule has 3 rings (SSSR count). The number of hydrogen-bond donors (Lipinski definition) is 0. The first kappa shape index (κ1) is 12.4. The summed E-state index contributed by atoms with van der Waals surface area (Å²) in [5.74, 6) is 0.965. The molecule has 1 fully saturated rings. The second-order valence-electron chi connectivity index (χ2n) is 4.82. The molecule has 2 aromatic heterocycles. The summed E-state index contributed by atoms with van der Waals surface area (Å²) in [6, 6.07) is 3.89. The molecule has 0 N–H and O–H groups in total. The van der Waals surface area contributed by atoms with Crippen LogP contribution in [0.2, 0.25) is 0 Å². The van der Waals surface area contributed by atoms with Crippen molar-refractivity contribution in [1.82, 2.24) is 9.88 Å². The van der Waals surface area contributed by atoms with Gasteiger partial charge in [0.1, 0.15) is 10.6 Å². The zero-order valence-corrected chi connectivity index (χ0v) is 11.9. The van der Waals surface area contributed by atoms with Gasteiger partial charge in [0, 0.05) is 6.54 Å². The zero-order valence-electron chi connectivity index (χ0n) is 11.0. The smallest absolute Gasteiger partial charge is 0.266 e. The third kappa shape index (κ3) is 2.18. The SMILES string of the molecule is Cc1nc(C)c(C(=O)N2CCCC2c2ccco2)s1. The minimum Gasteiger partial charge on any atom is -0.467 e. The van der Waals surface area contributed by atoms with E-state index in [9.17, 15) is 4.79 Å². The monoisotopic (exact) mass is 276 g/mol. The molecular weight excluding hydrogens is 260 g/mol. The summed E-state index contributed by atoms with van der Waals surface area (Å²) in [4.78, 5) is 19.7. The van der Waals surface area contributed by atoms with Crippen LogP contribution < -0.4 is 0 Å². The molecule has 4 nitrogen and oxygen atoms in total. The van der Waals surface area contributed by atoms with Crippen molar-refractivity contribution in [1.29, 1.82) is 0 Å². The summed E-state index contributed by atoms with van der Waals surface area (Å²) >= 11 is 1.48. The van der Waals surface area contributed by atoms with Crippen molar-refractivity contribution >= 4 is 17.2 Å². The Morgan fingerprint density at radius 3 is 3.00 bits per heavy atom. The number of rotatable bonds is 2. The van der Waals surface area contributed by atoms with Gasteiger partial charge in [-0.05, 0) is 38.8 Å². The highest BCUT2D eigenvalue weighted by atomic mass is 32.1. The van der Waals surface area contributed by atoms with Crippen LogP contribution in [0, 0.1) is 13.8 Å². The molecule has 19 heavy (non-hydrogen) atoms. The number of amides is 1. The molecule has 2 aromatic rings. The number of carbonyl (C=O) groups is 1. The maximum absolute atomic E-state index is 12.6. The molecule has 0 spiro atoms. The van der Waals surface area contributed by atoms with Crippen molar-refractivity contribution in [3.63, 3.8) is 0 Å². The average Bonchev–Trinajstić information content (AvgIpc) is 3.06. The molecule has 3 heterocycles. The van der Waals surface area contributed by atoms with Crippen molar-refractivity contribution in [2.45, 2.75) is 32.7 Å². The van der Waals surface area contributed by atoms with Crippen LogP contribution in [0.25, 0.3) is 0 Å². The van der Waals surface area contributed by atoms with Gasteiger partial charge in [0.25, 0.3) is 5.91 Å². The van der Waals surface area contributed by atoms with E-state index in [2.05, 4.69) is 4.98 Å². The molecule has 0 aromatic carbocycles. The summed E-state index contributed by atoms with van der Waals surface area (Å²) in [5.41, 5.74) is 0.831. The molecule has 100 valence electrons. The molecule has 0 radical (unpaired) electrons. The fourth-order valence-corrected chi connectivity index (χ4v) is 3.52. The topological polar surface area (TPSA) is 46.3 Å². The van der Waals surface area contributed by atoms with Crippen LogP contribution in [0.3, 0.4) is 0 Å². The molecular formula is C14H16N2O2S. The van der Waals surface area contributed by atoms with E-state index >= 15 is 0 Å². The summed E-state index contributed by atoms with van der Waals surface area (Å²) < 4.78 is 5.46. The third-order valence-electron chi connectivity index (χ3n) is 3.48. The van der Waals surface area contributed by atoms with Gasteiger partial charge >= 0.3 is 0 Å². The highest BCUT2D eigenvalue weighted by Crippen LogP contribution is 2.34. The summed E-state index contributed by atoms with van der Waals surface area (Å²) in [7, 11) is 0. The number of carbonyl (C=O) groups excluding carboxylic acids is 1. The van der Waals surface area contributed by atoms with Gasteiger partial charge < -0.3 is 9.32 Å². The fraction of sp³-hybridized carbons (Fsp3) is 0.429. The van der Waals surface area contributed by atoms with Crippen LogP contribution in [-0.2, 0) is 0 Å². The van der Waals surface area contributed by atoms with E-state index in [0.717, 1.165) is 40.7 Å². The Morgan fingerprint density at radius 2 is 2.37 bits per heavy atom. The second-order valence-corrected chi connectivity index (χ2v) is 6.02. The minimum absolute atomic E-state index is 0.0734. The molecule has 0 bridgehead atoms. The van der Waals surface area contributed by atoms with Crippen molar-refractivity contribution < 1.29 is 9.21 Å². The molecule has 0 saturated carbocycles. The Morgan fingerprint density at radius 1 is 1.53 bits per heavy atom. The van der Waals surface area contributed by atoms with E-state index in [0.29, 0.717) is 0 Å². The van der Waals surface area contributed by atoms with Crippen LogP contribution in [0.15, 0.2) is 22.8 Å². The average molecular weight is 276 g/mol. The predicted molar refractivity (Wildman–Crippen MR) is 73.3 cm³/mol. The quantitative estimate of drug-likeness (QED) is 0.845. The predicted octanol–water partition coefficient (Wildman–Crippen LogP) is 3.33. The van der Waals surface area contributed by atoms with E-state index in [1.165, 1.54) is 11.3 Å². The number of furan rings is 1. The van der Waals surface area contributed by atoms with Gasteiger partial charge in [-0.1, -0.05) is 0 Å². The van der Waals surface area contributed by atoms with Gasteiger partial charge in [-0.15, -0.1) is 11.3 Å². The van der Waals surface area contributed by atoms with E-state index in [1.807, 2.05) is 30.9 Å². The van der Waals surface area contributed by atoms with Crippen LogP contribution >= 0.6 is 11.3 Å². The highest BCUT2D eigenvalue weighted by molar-refractivity contribution is 7.13. The largest absolute Gasteiger partial charge is 0.467 e. The molecule has 1 atom stereocenters. The second kappa shape index (κ2) is 4.81. The van der Waals surface area contributed by atoms with Crippen molar-refractivity contribution in [3.8, 4) is 0 Å². The Labute approximate surface area is 116 Å². The maximum atomic E-state index is 12.6. The van der Waals surface area contributed by atoms with E-state index < -0.39 is 0 Å². The molecule has 0 aliphatic carbocycles. The van der Waals surface area contributed by atoms with Crippen molar-refractivity contribution in [3.05, 3.63) is 39.7 Å². The minimum atomic E-state index is 0.0734. The number of aryl methyl sites for hydroxylation is 2. The van der Waals surface area contributed by atoms with Crippen LogP contribution in [0.5, 0.6) is 0 Å². The summed E-state index contributed by atoms with van der Waals surface area (Å²) in [6.45, 7) is 4.62. The third-order valence-corrected chi connectivity index (χ3v) is 4.54. The van der Waals surface area contributed by atoms with Gasteiger partial charge in [0.15, 0.2) is 0 Å². The van der Waals surface area contributed by atoms with Crippen molar-refractivity contribution in [2.24, 2.45) is 0 Å². The lowest BCUT2D eigenvalue weighted by atomic mass is 10.1. The lowest BCUT2D eigenvalue weighted by Gasteiger charge is -2.22. The molecule has 1 aliphatic heterocycles. The molecule has 5 heteroatoms. The lowest BCUT2D eigenvalue weighted by Crippen LogP contribution is -2.30. The fourth-order valence-electron chi connectivity index (χ4n) is 2.65. The molecule has 1 aliphatic rings. The number of nitrogens with zero attached hydrogens (tertiary/aromatic N) is 2. The molecule has 1 amide bonds. The van der Waals surface area contributed by atoms with Gasteiger partial charge in [0.05, 0.1) is 23.0 Å². The number of hydrogen-bond acceptors (Lipinski definition) is 4. The lowest BCUT2D eigenvalue weighted by molar-refractivity contribution is 0.0724. The first-order valence-corrected chi connectivity index (χ1v) is 7.27. The van der Waals surface area contributed by atoms with Crippen LogP contribution in [0.4, 0.5) is 0 Å². The normalized spacial score (nSPS) is 19.1. The van der Waals surface area contributed by atoms with Crippen molar-refractivity contribution in [2.75, 3.05) is 6.54 Å².